The van der Waals surface area contributed by atoms with Gasteiger partial charge in [-0.15, -0.1) is 0 Å². The maximum atomic E-state index is 12.2. The second-order valence-electron chi connectivity index (χ2n) is 11.5. The van der Waals surface area contributed by atoms with Gasteiger partial charge in [0.1, 0.15) is 0 Å². The Morgan fingerprint density at radius 2 is 1.11 bits per heavy atom. The lowest BCUT2D eigenvalue weighted by atomic mass is 10.1. The first-order chi connectivity index (χ1) is 21.5. The van der Waals surface area contributed by atoms with E-state index in [0.717, 1.165) is 87.7 Å². The number of aromatic hydroxyl groups is 2. The average molecular weight is 613 g/mol. The van der Waals surface area contributed by atoms with Crippen molar-refractivity contribution in [2.24, 2.45) is 0 Å². The van der Waals surface area contributed by atoms with E-state index in [9.17, 15) is 9.59 Å². The second kappa shape index (κ2) is 16.2. The third-order valence-corrected chi connectivity index (χ3v) is 8.19. The van der Waals surface area contributed by atoms with Crippen LogP contribution in [0.4, 0.5) is 0 Å². The van der Waals surface area contributed by atoms with Crippen LogP contribution in [-0.2, 0) is 31.8 Å². The van der Waals surface area contributed by atoms with Crippen LogP contribution < -0.4 is 9.47 Å². The van der Waals surface area contributed by atoms with Gasteiger partial charge in [-0.05, 0) is 86.8 Å². The van der Waals surface area contributed by atoms with Crippen molar-refractivity contribution < 1.29 is 48.2 Å². The number of Topliss-reactive ketones (excluding diaryl/α,β-unsaturated/α-hetero) is 2. The van der Waals surface area contributed by atoms with Crippen LogP contribution in [0.25, 0.3) is 0 Å². The van der Waals surface area contributed by atoms with Gasteiger partial charge in [0.2, 0.25) is 0 Å². The Bertz CT molecular complexity index is 1260. The van der Waals surface area contributed by atoms with Crippen molar-refractivity contribution in [3.05, 3.63) is 46.5 Å². The molecule has 2 unspecified atom stereocenters. The summed E-state index contributed by atoms with van der Waals surface area (Å²) in [4.78, 5) is 23.3. The zero-order valence-electron chi connectivity index (χ0n) is 25.4. The molecule has 2 heterocycles. The molecule has 240 valence electrons. The summed E-state index contributed by atoms with van der Waals surface area (Å²) in [6.07, 6.45) is 10.3. The number of fused-ring (bicyclic) bond motifs is 2. The van der Waals surface area contributed by atoms with Crippen LogP contribution in [0.3, 0.4) is 0 Å². The molecule has 2 N–H and O–H groups in total. The summed E-state index contributed by atoms with van der Waals surface area (Å²) in [6.45, 7) is 3.78. The molecule has 0 spiro atoms. The van der Waals surface area contributed by atoms with E-state index in [-0.39, 0.29) is 35.6 Å². The predicted octanol–water partition coefficient (Wildman–Crippen LogP) is 5.67. The molecular formula is C34H44O10. The maximum absolute atomic E-state index is 12.2. The van der Waals surface area contributed by atoms with Gasteiger partial charge in [-0.2, -0.15) is 0 Å². The first-order valence-corrected chi connectivity index (χ1v) is 16.0. The standard InChI is InChI=1S/C25H36O7.C9H8O3/c26-21-10-9-19-17-22(27-13-5-15-31-24-7-1-3-11-29-24)23(18-20(19)21)28-14-6-16-32-25-8-2-4-12-30-25;10-7-2-1-5-3-8(11)9(12)4-6(5)7/h17-18,24-25H,1-16H2;3-4,11-12H,1-2H2. The highest BCUT2D eigenvalue weighted by Gasteiger charge is 2.24. The summed E-state index contributed by atoms with van der Waals surface area (Å²) >= 11 is 0. The first-order valence-electron chi connectivity index (χ1n) is 16.0. The fourth-order valence-corrected chi connectivity index (χ4v) is 5.74. The van der Waals surface area contributed by atoms with Crippen LogP contribution in [0.2, 0.25) is 0 Å². The molecule has 0 radical (unpaired) electrons. The molecule has 0 bridgehead atoms. The van der Waals surface area contributed by atoms with Crippen LogP contribution in [0.1, 0.15) is 96.1 Å². The van der Waals surface area contributed by atoms with Crippen molar-refractivity contribution in [2.45, 2.75) is 89.6 Å². The molecule has 2 saturated heterocycles. The van der Waals surface area contributed by atoms with E-state index in [1.54, 1.807) is 0 Å². The molecule has 0 amide bonds. The largest absolute Gasteiger partial charge is 0.504 e. The normalized spacial score (nSPS) is 20.9. The molecule has 2 aromatic carbocycles. The van der Waals surface area contributed by atoms with E-state index in [4.69, 9.17) is 38.6 Å². The van der Waals surface area contributed by atoms with E-state index in [2.05, 4.69) is 0 Å². The van der Waals surface area contributed by atoms with Crippen LogP contribution in [-0.4, -0.2) is 74.0 Å². The van der Waals surface area contributed by atoms with E-state index in [1.807, 2.05) is 12.1 Å². The van der Waals surface area contributed by atoms with Gasteiger partial charge >= 0.3 is 0 Å². The number of hydrogen-bond donors (Lipinski definition) is 2. The Morgan fingerprint density at radius 1 is 0.614 bits per heavy atom. The lowest BCUT2D eigenvalue weighted by Crippen LogP contribution is -2.23. The molecule has 2 atom stereocenters. The minimum absolute atomic E-state index is 0.0419. The Kier molecular flexibility index (Phi) is 11.9. The summed E-state index contributed by atoms with van der Waals surface area (Å²) in [5.41, 5.74) is 3.18. The van der Waals surface area contributed by atoms with Crippen molar-refractivity contribution in [2.75, 3.05) is 39.6 Å². The zero-order valence-corrected chi connectivity index (χ0v) is 25.4. The molecule has 2 aliphatic carbocycles. The zero-order chi connectivity index (χ0) is 30.7. The number of aryl methyl sites for hydroxylation is 2. The SMILES string of the molecule is O=C1CCc2cc(O)c(O)cc21.O=C1CCc2cc(OCCCOC3CCCCO3)c(OCCCOC3CCCCO3)cc21. The molecule has 0 saturated carbocycles. The maximum Gasteiger partial charge on any atom is 0.163 e. The third-order valence-electron chi connectivity index (χ3n) is 8.19. The second-order valence-corrected chi connectivity index (χ2v) is 11.5. The van der Waals surface area contributed by atoms with Gasteiger partial charge in [-0.3, -0.25) is 9.59 Å². The molecular weight excluding hydrogens is 568 g/mol. The number of phenols is 2. The number of ketones is 2. The number of carbonyl (C=O) groups is 2. The topological polar surface area (TPSA) is 130 Å². The number of hydrogen-bond acceptors (Lipinski definition) is 10. The summed E-state index contributed by atoms with van der Waals surface area (Å²) in [6, 6.07) is 6.60. The summed E-state index contributed by atoms with van der Waals surface area (Å²) in [5.74, 6) is 1.18. The van der Waals surface area contributed by atoms with Gasteiger partial charge in [0, 0.05) is 50.0 Å². The third kappa shape index (κ3) is 8.94. The number of carbonyl (C=O) groups excluding carboxylic acids is 2. The fourth-order valence-electron chi connectivity index (χ4n) is 5.74. The van der Waals surface area contributed by atoms with Crippen LogP contribution in [0, 0.1) is 0 Å². The molecule has 4 aliphatic rings. The van der Waals surface area contributed by atoms with E-state index >= 15 is 0 Å². The van der Waals surface area contributed by atoms with Gasteiger partial charge in [0.15, 0.2) is 47.1 Å². The minimum atomic E-state index is -0.219. The predicted molar refractivity (Wildman–Crippen MR) is 161 cm³/mol. The Labute approximate surface area is 258 Å². The molecule has 2 aromatic rings. The van der Waals surface area contributed by atoms with Crippen molar-refractivity contribution in [1.82, 2.24) is 0 Å². The van der Waals surface area contributed by atoms with Gasteiger partial charge < -0.3 is 38.6 Å². The Hall–Kier alpha value is -3.18. The quantitative estimate of drug-likeness (QED) is 0.229. The van der Waals surface area contributed by atoms with E-state index in [0.29, 0.717) is 62.8 Å². The van der Waals surface area contributed by atoms with Gasteiger partial charge in [-0.25, -0.2) is 0 Å². The van der Waals surface area contributed by atoms with Gasteiger partial charge in [0.25, 0.3) is 0 Å². The molecule has 10 heteroatoms. The van der Waals surface area contributed by atoms with Crippen LogP contribution in [0.15, 0.2) is 24.3 Å². The highest BCUT2D eigenvalue weighted by molar-refractivity contribution is 6.01. The van der Waals surface area contributed by atoms with Crippen molar-refractivity contribution >= 4 is 11.6 Å². The molecule has 2 aliphatic heterocycles. The van der Waals surface area contributed by atoms with Crippen molar-refractivity contribution in [1.29, 1.82) is 0 Å². The Morgan fingerprint density at radius 3 is 1.66 bits per heavy atom. The summed E-state index contributed by atoms with van der Waals surface area (Å²) in [5, 5.41) is 18.2. The fraction of sp³-hybridized carbons (Fsp3) is 0.588. The molecule has 6 rings (SSSR count). The number of phenolic OH excluding ortho intramolecular Hbond substituents is 2. The van der Waals surface area contributed by atoms with Crippen LogP contribution in [0.5, 0.6) is 23.0 Å². The van der Waals surface area contributed by atoms with Crippen molar-refractivity contribution in [3.8, 4) is 23.0 Å². The number of rotatable bonds is 12. The van der Waals surface area contributed by atoms with Crippen molar-refractivity contribution in [3.63, 3.8) is 0 Å². The number of ether oxygens (including phenoxy) is 6. The minimum Gasteiger partial charge on any atom is -0.504 e. The number of benzene rings is 2. The summed E-state index contributed by atoms with van der Waals surface area (Å²) < 4.78 is 34.8. The molecule has 10 nitrogen and oxygen atoms in total. The lowest BCUT2D eigenvalue weighted by molar-refractivity contribution is -0.163. The van der Waals surface area contributed by atoms with E-state index in [1.165, 1.54) is 12.1 Å². The highest BCUT2D eigenvalue weighted by atomic mass is 16.7. The van der Waals surface area contributed by atoms with E-state index < -0.39 is 0 Å². The average Bonchev–Trinajstić information content (AvgIpc) is 3.59. The van der Waals surface area contributed by atoms with Crippen LogP contribution >= 0.6 is 0 Å². The monoisotopic (exact) mass is 612 g/mol. The van der Waals surface area contributed by atoms with Gasteiger partial charge in [0.05, 0.1) is 26.4 Å². The Balaban J connectivity index is 0.000000266. The van der Waals surface area contributed by atoms with Gasteiger partial charge in [-0.1, -0.05) is 0 Å². The molecule has 44 heavy (non-hydrogen) atoms. The highest BCUT2D eigenvalue weighted by Crippen LogP contribution is 2.36. The first kappa shape index (κ1) is 32.2. The lowest BCUT2D eigenvalue weighted by Gasteiger charge is -2.23. The summed E-state index contributed by atoms with van der Waals surface area (Å²) in [7, 11) is 0. The molecule has 0 aromatic heterocycles. The smallest absolute Gasteiger partial charge is 0.163 e. The molecule has 2 fully saturated rings.